The van der Waals surface area contributed by atoms with Crippen LogP contribution in [-0.4, -0.2) is 37.3 Å². The first-order valence-corrected chi connectivity index (χ1v) is 9.06. The second kappa shape index (κ2) is 7.27. The Balaban J connectivity index is 1.48. The molecule has 0 unspecified atom stereocenters. The topological polar surface area (TPSA) is 66.5 Å². The Hall–Kier alpha value is -2.71. The number of nitrogens with zero attached hydrogens (tertiary/aromatic N) is 2. The fourth-order valence-electron chi connectivity index (χ4n) is 2.73. The van der Waals surface area contributed by atoms with E-state index in [0.717, 1.165) is 28.4 Å². The fourth-order valence-corrected chi connectivity index (χ4v) is 3.78. The van der Waals surface area contributed by atoms with Gasteiger partial charge < -0.3 is 20.3 Å². The maximum absolute atomic E-state index is 13.6. The van der Waals surface area contributed by atoms with Crippen molar-refractivity contribution in [1.29, 1.82) is 0 Å². The van der Waals surface area contributed by atoms with Crippen LogP contribution in [0.15, 0.2) is 42.5 Å². The number of nitrogens with one attached hydrogen (secondary N) is 2. The van der Waals surface area contributed by atoms with E-state index in [4.69, 9.17) is 4.74 Å². The maximum Gasteiger partial charge on any atom is 0.323 e. The summed E-state index contributed by atoms with van der Waals surface area (Å²) in [5, 5.41) is 6.19. The minimum Gasteiger partial charge on any atom is -0.378 e. The van der Waals surface area contributed by atoms with Crippen LogP contribution in [0.4, 0.5) is 25.7 Å². The zero-order chi connectivity index (χ0) is 17.9. The third-order valence-corrected chi connectivity index (χ3v) is 5.12. The molecule has 2 N–H and O–H groups in total. The fraction of sp³-hybridized carbons (Fsp3) is 0.222. The molecule has 1 aliphatic heterocycles. The molecule has 134 valence electrons. The van der Waals surface area contributed by atoms with Gasteiger partial charge >= 0.3 is 6.03 Å². The van der Waals surface area contributed by atoms with Crippen molar-refractivity contribution in [2.24, 2.45) is 0 Å². The van der Waals surface area contributed by atoms with Gasteiger partial charge in [0.2, 0.25) is 0 Å². The number of urea groups is 1. The first kappa shape index (κ1) is 16.7. The van der Waals surface area contributed by atoms with Gasteiger partial charge in [-0.3, -0.25) is 0 Å². The zero-order valence-electron chi connectivity index (χ0n) is 13.9. The van der Waals surface area contributed by atoms with E-state index in [0.29, 0.717) is 18.9 Å². The van der Waals surface area contributed by atoms with Gasteiger partial charge in [0.05, 0.1) is 29.1 Å². The van der Waals surface area contributed by atoms with E-state index in [1.54, 1.807) is 29.5 Å². The van der Waals surface area contributed by atoms with Gasteiger partial charge in [0, 0.05) is 18.8 Å². The third-order valence-electron chi connectivity index (χ3n) is 4.04. The highest BCUT2D eigenvalue weighted by Crippen LogP contribution is 2.31. The van der Waals surface area contributed by atoms with Gasteiger partial charge in [-0.05, 0) is 30.3 Å². The number of halogens is 1. The monoisotopic (exact) mass is 372 g/mol. The molecule has 0 spiro atoms. The molecule has 3 aromatic rings. The molecule has 0 atom stereocenters. The lowest BCUT2D eigenvalue weighted by molar-refractivity contribution is 0.122. The van der Waals surface area contributed by atoms with Gasteiger partial charge in [0.1, 0.15) is 5.82 Å². The number of rotatable bonds is 3. The van der Waals surface area contributed by atoms with Crippen molar-refractivity contribution >= 4 is 44.1 Å². The van der Waals surface area contributed by atoms with Crippen LogP contribution in [0.25, 0.3) is 10.2 Å². The largest absolute Gasteiger partial charge is 0.378 e. The molecular formula is C18H17FN4O2S. The number of hydrogen-bond donors (Lipinski definition) is 2. The van der Waals surface area contributed by atoms with Gasteiger partial charge in [0.25, 0.3) is 0 Å². The lowest BCUT2D eigenvalue weighted by Gasteiger charge is -2.25. The molecule has 2 amide bonds. The van der Waals surface area contributed by atoms with E-state index in [2.05, 4.69) is 20.5 Å². The number of aromatic nitrogens is 1. The molecular weight excluding hydrogens is 355 g/mol. The Morgan fingerprint density at radius 2 is 1.96 bits per heavy atom. The predicted molar refractivity (Wildman–Crippen MR) is 102 cm³/mol. The van der Waals surface area contributed by atoms with Crippen molar-refractivity contribution in [3.63, 3.8) is 0 Å². The number of thiazole rings is 1. The number of anilines is 3. The Kier molecular flexibility index (Phi) is 4.68. The summed E-state index contributed by atoms with van der Waals surface area (Å²) in [7, 11) is 0. The highest BCUT2D eigenvalue weighted by Gasteiger charge is 2.16. The molecule has 1 aliphatic rings. The third kappa shape index (κ3) is 3.61. The summed E-state index contributed by atoms with van der Waals surface area (Å²) in [5.41, 5.74) is 1.65. The first-order chi connectivity index (χ1) is 12.7. The van der Waals surface area contributed by atoms with Gasteiger partial charge in [0.15, 0.2) is 5.13 Å². The number of carbonyl (C=O) groups is 1. The van der Waals surface area contributed by atoms with E-state index in [9.17, 15) is 9.18 Å². The molecule has 8 heteroatoms. The Labute approximate surface area is 153 Å². The lowest BCUT2D eigenvalue weighted by atomic mass is 10.3. The van der Waals surface area contributed by atoms with Crippen molar-refractivity contribution in [1.82, 2.24) is 4.98 Å². The molecule has 4 rings (SSSR count). The lowest BCUT2D eigenvalue weighted by Crippen LogP contribution is -2.36. The molecule has 1 saturated heterocycles. The summed E-state index contributed by atoms with van der Waals surface area (Å²) in [6.45, 7) is 3.07. The number of benzene rings is 2. The zero-order valence-corrected chi connectivity index (χ0v) is 14.7. The first-order valence-electron chi connectivity index (χ1n) is 8.25. The molecule has 0 bridgehead atoms. The number of para-hydroxylation sites is 1. The van der Waals surface area contributed by atoms with Crippen LogP contribution >= 0.6 is 11.3 Å². The van der Waals surface area contributed by atoms with Gasteiger partial charge in [-0.1, -0.05) is 23.5 Å². The molecule has 1 aromatic heterocycles. The van der Waals surface area contributed by atoms with E-state index < -0.39 is 11.8 Å². The summed E-state index contributed by atoms with van der Waals surface area (Å²) in [4.78, 5) is 18.9. The standard InChI is InChI=1S/C18H17FN4O2S/c19-13-3-1-2-4-14(13)21-17(24)20-12-5-6-15-16(11-12)26-18(22-15)23-7-9-25-10-8-23/h1-6,11H,7-10H2,(H2,20,21,24). The van der Waals surface area contributed by atoms with E-state index in [1.807, 2.05) is 12.1 Å². The molecule has 0 radical (unpaired) electrons. The average Bonchev–Trinajstić information content (AvgIpc) is 3.08. The molecule has 0 aliphatic carbocycles. The number of amides is 2. The summed E-state index contributed by atoms with van der Waals surface area (Å²) < 4.78 is 20.0. The van der Waals surface area contributed by atoms with Gasteiger partial charge in [-0.2, -0.15) is 0 Å². The Morgan fingerprint density at radius 1 is 1.15 bits per heavy atom. The van der Waals surface area contributed by atoms with Crippen molar-refractivity contribution in [2.75, 3.05) is 41.8 Å². The van der Waals surface area contributed by atoms with Crippen molar-refractivity contribution < 1.29 is 13.9 Å². The van der Waals surface area contributed by atoms with E-state index in [-0.39, 0.29) is 5.69 Å². The molecule has 2 aromatic carbocycles. The van der Waals surface area contributed by atoms with Crippen LogP contribution in [-0.2, 0) is 4.74 Å². The number of hydrogen-bond acceptors (Lipinski definition) is 5. The van der Waals surface area contributed by atoms with Crippen LogP contribution in [0.5, 0.6) is 0 Å². The molecule has 2 heterocycles. The maximum atomic E-state index is 13.6. The molecule has 6 nitrogen and oxygen atoms in total. The number of ether oxygens (including phenoxy) is 1. The van der Waals surface area contributed by atoms with Crippen LogP contribution in [0, 0.1) is 5.82 Å². The minimum atomic E-state index is -0.493. The van der Waals surface area contributed by atoms with E-state index in [1.165, 1.54) is 12.1 Å². The quantitative estimate of drug-likeness (QED) is 0.731. The second-order valence-corrected chi connectivity index (χ2v) is 6.85. The second-order valence-electron chi connectivity index (χ2n) is 5.84. The summed E-state index contributed by atoms with van der Waals surface area (Å²) >= 11 is 1.58. The van der Waals surface area contributed by atoms with Crippen LogP contribution in [0.3, 0.4) is 0 Å². The van der Waals surface area contributed by atoms with Crippen molar-refractivity contribution in [3.05, 3.63) is 48.3 Å². The Bertz CT molecular complexity index is 940. The highest BCUT2D eigenvalue weighted by atomic mass is 32.1. The minimum absolute atomic E-state index is 0.137. The van der Waals surface area contributed by atoms with Gasteiger partial charge in [-0.25, -0.2) is 14.2 Å². The smallest absolute Gasteiger partial charge is 0.323 e. The van der Waals surface area contributed by atoms with Crippen LogP contribution < -0.4 is 15.5 Å². The van der Waals surface area contributed by atoms with Crippen molar-refractivity contribution in [3.8, 4) is 0 Å². The Morgan fingerprint density at radius 3 is 2.77 bits per heavy atom. The summed E-state index contributed by atoms with van der Waals surface area (Å²) in [6, 6.07) is 11.1. The predicted octanol–water partition coefficient (Wildman–Crippen LogP) is 3.92. The number of fused-ring (bicyclic) bond motifs is 1. The summed E-state index contributed by atoms with van der Waals surface area (Å²) in [6.07, 6.45) is 0. The van der Waals surface area contributed by atoms with Crippen LogP contribution in [0.1, 0.15) is 0 Å². The van der Waals surface area contributed by atoms with Crippen LogP contribution in [0.2, 0.25) is 0 Å². The molecule has 1 fully saturated rings. The van der Waals surface area contributed by atoms with Crippen molar-refractivity contribution in [2.45, 2.75) is 0 Å². The number of carbonyl (C=O) groups excluding carboxylic acids is 1. The summed E-state index contributed by atoms with van der Waals surface area (Å²) in [5.74, 6) is -0.476. The molecule has 26 heavy (non-hydrogen) atoms. The highest BCUT2D eigenvalue weighted by molar-refractivity contribution is 7.22. The normalized spacial score (nSPS) is 14.4. The average molecular weight is 372 g/mol. The SMILES string of the molecule is O=C(Nc1ccc2nc(N3CCOCC3)sc2c1)Nc1ccccc1F. The van der Waals surface area contributed by atoms with E-state index >= 15 is 0 Å². The molecule has 0 saturated carbocycles. The number of morpholine rings is 1. The van der Waals surface area contributed by atoms with Gasteiger partial charge in [-0.15, -0.1) is 0 Å².